The number of carbonyl (C=O) groups is 3. The van der Waals surface area contributed by atoms with Crippen molar-refractivity contribution in [1.82, 2.24) is 10.2 Å². The molecule has 2 N–H and O–H groups in total. The van der Waals surface area contributed by atoms with Crippen LogP contribution in [0.5, 0.6) is 0 Å². The molecule has 2 unspecified atom stereocenters. The van der Waals surface area contributed by atoms with Gasteiger partial charge >= 0.3 is 5.97 Å². The van der Waals surface area contributed by atoms with E-state index in [0.29, 0.717) is 35.8 Å². The average Bonchev–Trinajstić information content (AvgIpc) is 3.46. The van der Waals surface area contributed by atoms with E-state index in [4.69, 9.17) is 10.1 Å². The molecule has 2 fully saturated rings. The first kappa shape index (κ1) is 27.9. The molecular formula is C31H35F2N3O4. The molecule has 2 amide bonds. The summed E-state index contributed by atoms with van der Waals surface area (Å²) in [6, 6.07) is 10.5. The van der Waals surface area contributed by atoms with E-state index in [2.05, 4.69) is 19.2 Å². The molecule has 40 heavy (non-hydrogen) atoms. The van der Waals surface area contributed by atoms with Crippen LogP contribution in [-0.2, 0) is 16.0 Å². The first-order valence-corrected chi connectivity index (χ1v) is 14.0. The van der Waals surface area contributed by atoms with E-state index in [1.165, 1.54) is 12.5 Å². The van der Waals surface area contributed by atoms with E-state index in [9.17, 15) is 23.2 Å². The highest BCUT2D eigenvalue weighted by Crippen LogP contribution is 2.62. The van der Waals surface area contributed by atoms with Gasteiger partial charge in [-0.3, -0.25) is 19.4 Å². The van der Waals surface area contributed by atoms with E-state index in [0.717, 1.165) is 43.4 Å². The third-order valence-corrected chi connectivity index (χ3v) is 9.36. The fourth-order valence-electron chi connectivity index (χ4n) is 6.51. The van der Waals surface area contributed by atoms with Gasteiger partial charge in [-0.2, -0.15) is 0 Å². The summed E-state index contributed by atoms with van der Waals surface area (Å²) in [4.78, 5) is 43.4. The predicted octanol–water partition coefficient (Wildman–Crippen LogP) is 4.98. The Morgan fingerprint density at radius 3 is 2.38 bits per heavy atom. The summed E-state index contributed by atoms with van der Waals surface area (Å²) in [5.41, 5.74) is 1.47. The molecule has 0 radical (unpaired) electrons. The van der Waals surface area contributed by atoms with Crippen LogP contribution in [0.4, 0.5) is 8.78 Å². The Bertz CT molecular complexity index is 1350. The Kier molecular flexibility index (Phi) is 7.50. The molecular weight excluding hydrogens is 516 g/mol. The van der Waals surface area contributed by atoms with Crippen LogP contribution < -0.4 is 5.32 Å². The van der Waals surface area contributed by atoms with Crippen molar-refractivity contribution in [3.8, 4) is 0 Å². The minimum Gasteiger partial charge on any atom is -0.481 e. The van der Waals surface area contributed by atoms with Gasteiger partial charge in [0.25, 0.3) is 11.8 Å². The van der Waals surface area contributed by atoms with Gasteiger partial charge in [0.1, 0.15) is 11.4 Å². The quantitative estimate of drug-likeness (QED) is 0.460. The number of rotatable bonds is 9. The lowest BCUT2D eigenvalue weighted by Gasteiger charge is -2.43. The minimum atomic E-state index is -1.01. The second kappa shape index (κ2) is 10.7. The number of benzene rings is 2. The highest BCUT2D eigenvalue weighted by Gasteiger charge is 2.56. The van der Waals surface area contributed by atoms with Crippen LogP contribution >= 0.6 is 0 Å². The average molecular weight is 552 g/mol. The Morgan fingerprint density at radius 2 is 1.77 bits per heavy atom. The Morgan fingerprint density at radius 1 is 1.10 bits per heavy atom. The SMILES string of the molecule is CC1CC1(C)C1CCC2(CC1)N=C(c1ccc(F)c(F)c1)C(=O)N2CCc1ccc(C(=O)NCCC(=O)O)cc1. The van der Waals surface area contributed by atoms with Crippen LogP contribution in [0.25, 0.3) is 0 Å². The normalized spacial score (nSPS) is 27.6. The second-order valence-electron chi connectivity index (χ2n) is 11.8. The Hall–Kier alpha value is -3.62. The Balaban J connectivity index is 1.31. The monoisotopic (exact) mass is 551 g/mol. The maximum atomic E-state index is 14.1. The van der Waals surface area contributed by atoms with E-state index >= 15 is 0 Å². The van der Waals surface area contributed by atoms with Crippen molar-refractivity contribution in [2.45, 2.75) is 64.5 Å². The number of aliphatic carboxylic acids is 1. The van der Waals surface area contributed by atoms with Crippen molar-refractivity contribution in [2.75, 3.05) is 13.1 Å². The number of nitrogens with one attached hydrogen (secondary N) is 1. The molecule has 2 atom stereocenters. The molecule has 2 aliphatic carbocycles. The largest absolute Gasteiger partial charge is 0.481 e. The maximum Gasteiger partial charge on any atom is 0.305 e. The standard InChI is InChI=1S/C31H35F2N3O4/c1-19-18-30(19,2)23-9-13-31(14-10-23)35-27(22-7-8-24(32)25(33)17-22)29(40)36(31)16-12-20-3-5-21(6-4-20)28(39)34-15-11-26(37)38/h3-8,17,19,23H,9-16,18H2,1-2H3,(H,34,39)(H,37,38). The Labute approximate surface area is 232 Å². The number of amides is 2. The number of carbonyl (C=O) groups excluding carboxylic acids is 2. The summed E-state index contributed by atoms with van der Waals surface area (Å²) in [5, 5.41) is 11.3. The second-order valence-corrected chi connectivity index (χ2v) is 11.8. The summed E-state index contributed by atoms with van der Waals surface area (Å²) in [5.74, 6) is -2.28. The van der Waals surface area contributed by atoms with Crippen molar-refractivity contribution in [3.05, 3.63) is 70.8 Å². The molecule has 1 spiro atoms. The van der Waals surface area contributed by atoms with Crippen molar-refractivity contribution >= 4 is 23.5 Å². The van der Waals surface area contributed by atoms with Crippen LogP contribution in [0.15, 0.2) is 47.5 Å². The third kappa shape index (κ3) is 5.38. The van der Waals surface area contributed by atoms with Crippen molar-refractivity contribution < 1.29 is 28.3 Å². The molecule has 212 valence electrons. The van der Waals surface area contributed by atoms with Gasteiger partial charge in [0.15, 0.2) is 11.6 Å². The van der Waals surface area contributed by atoms with Crippen LogP contribution in [0.1, 0.15) is 73.9 Å². The summed E-state index contributed by atoms with van der Waals surface area (Å²) in [6.07, 6.45) is 5.00. The fourth-order valence-corrected chi connectivity index (χ4v) is 6.51. The molecule has 0 bridgehead atoms. The van der Waals surface area contributed by atoms with Gasteiger partial charge in [-0.15, -0.1) is 0 Å². The van der Waals surface area contributed by atoms with Crippen LogP contribution in [0.2, 0.25) is 0 Å². The molecule has 7 nitrogen and oxygen atoms in total. The molecule has 2 aromatic carbocycles. The van der Waals surface area contributed by atoms with Gasteiger partial charge in [0, 0.05) is 24.2 Å². The first-order valence-electron chi connectivity index (χ1n) is 14.0. The zero-order chi connectivity index (χ0) is 28.7. The molecule has 1 heterocycles. The molecule has 5 rings (SSSR count). The molecule has 2 saturated carbocycles. The fraction of sp³-hybridized carbons (Fsp3) is 0.484. The molecule has 0 aromatic heterocycles. The summed E-state index contributed by atoms with van der Waals surface area (Å²) >= 11 is 0. The minimum absolute atomic E-state index is 0.0499. The lowest BCUT2D eigenvalue weighted by Crippen LogP contribution is -2.50. The highest BCUT2D eigenvalue weighted by molar-refractivity contribution is 6.46. The zero-order valence-electron chi connectivity index (χ0n) is 22.9. The van der Waals surface area contributed by atoms with Gasteiger partial charge < -0.3 is 15.3 Å². The maximum absolute atomic E-state index is 14.1. The first-order chi connectivity index (χ1) is 19.0. The lowest BCUT2D eigenvalue weighted by molar-refractivity contribution is -0.136. The van der Waals surface area contributed by atoms with E-state index in [1.54, 1.807) is 12.1 Å². The van der Waals surface area contributed by atoms with Gasteiger partial charge in [0.2, 0.25) is 0 Å². The number of carboxylic acids is 1. The van der Waals surface area contributed by atoms with Gasteiger partial charge in [0.05, 0.1) is 6.42 Å². The number of carboxylic acid groups (broad SMARTS) is 1. The smallest absolute Gasteiger partial charge is 0.305 e. The third-order valence-electron chi connectivity index (χ3n) is 9.36. The zero-order valence-corrected chi connectivity index (χ0v) is 22.9. The number of nitrogens with zero attached hydrogens (tertiary/aromatic N) is 2. The molecule has 0 saturated heterocycles. The van der Waals surface area contributed by atoms with Crippen LogP contribution in [0.3, 0.4) is 0 Å². The lowest BCUT2D eigenvalue weighted by atomic mass is 9.73. The van der Waals surface area contributed by atoms with Crippen molar-refractivity contribution in [1.29, 1.82) is 0 Å². The van der Waals surface area contributed by atoms with Crippen LogP contribution in [-0.4, -0.2) is 52.3 Å². The van der Waals surface area contributed by atoms with E-state index in [-0.39, 0.29) is 36.1 Å². The number of aliphatic imine (C=N–C) groups is 1. The summed E-state index contributed by atoms with van der Waals surface area (Å²) < 4.78 is 27.7. The molecule has 3 aliphatic rings. The summed E-state index contributed by atoms with van der Waals surface area (Å²) in [6.45, 7) is 5.09. The molecule has 1 aliphatic heterocycles. The topological polar surface area (TPSA) is 99.1 Å². The van der Waals surface area contributed by atoms with Crippen molar-refractivity contribution in [2.24, 2.45) is 22.2 Å². The number of halogens is 2. The van der Waals surface area contributed by atoms with Gasteiger partial charge in [-0.1, -0.05) is 26.0 Å². The predicted molar refractivity (Wildman–Crippen MR) is 146 cm³/mol. The van der Waals surface area contributed by atoms with E-state index in [1.807, 2.05) is 17.0 Å². The van der Waals surface area contributed by atoms with Crippen molar-refractivity contribution in [3.63, 3.8) is 0 Å². The summed E-state index contributed by atoms with van der Waals surface area (Å²) in [7, 11) is 0. The highest BCUT2D eigenvalue weighted by atomic mass is 19.2. The molecule has 2 aromatic rings. The van der Waals surface area contributed by atoms with Gasteiger partial charge in [-0.25, -0.2) is 8.78 Å². The number of hydrogen-bond acceptors (Lipinski definition) is 4. The van der Waals surface area contributed by atoms with Crippen LogP contribution in [0, 0.1) is 28.9 Å². The van der Waals surface area contributed by atoms with Gasteiger partial charge in [-0.05, 0) is 91.7 Å². The molecule has 9 heteroatoms. The van der Waals surface area contributed by atoms with E-state index < -0.39 is 23.3 Å². The number of hydrogen-bond donors (Lipinski definition) is 2.